The number of nitro groups is 2. The Morgan fingerprint density at radius 1 is 1.00 bits per heavy atom. The lowest BCUT2D eigenvalue weighted by Gasteiger charge is -2.06. The molecule has 2 aromatic rings. The Morgan fingerprint density at radius 2 is 1.64 bits per heavy atom. The first-order chi connectivity index (χ1) is 10.4. The van der Waals surface area contributed by atoms with Gasteiger partial charge >= 0.3 is 0 Å². The Kier molecular flexibility index (Phi) is 3.98. The van der Waals surface area contributed by atoms with Crippen LogP contribution in [0.3, 0.4) is 0 Å². The number of benzene rings is 2. The van der Waals surface area contributed by atoms with Gasteiger partial charge in [0.2, 0.25) is 0 Å². The summed E-state index contributed by atoms with van der Waals surface area (Å²) in [5.74, 6) is -0.729. The Bertz CT molecular complexity index is 758. The Morgan fingerprint density at radius 3 is 2.18 bits per heavy atom. The normalized spacial score (nSPS) is 10.0. The number of carbonyl (C=O) groups excluding carboxylic acids is 1. The van der Waals surface area contributed by atoms with E-state index < -0.39 is 15.8 Å². The summed E-state index contributed by atoms with van der Waals surface area (Å²) in [5, 5.41) is 23.9. The summed E-state index contributed by atoms with van der Waals surface area (Å²) in [6.07, 6.45) is 0. The van der Waals surface area contributed by atoms with E-state index in [2.05, 4.69) is 5.32 Å². The molecule has 0 bridgehead atoms. The van der Waals surface area contributed by atoms with Gasteiger partial charge in [0.05, 0.1) is 9.85 Å². The number of nitro benzene ring substituents is 2. The van der Waals surface area contributed by atoms with Crippen molar-refractivity contribution >= 4 is 28.7 Å². The molecule has 0 unspecified atom stereocenters. The molecule has 1 amide bonds. The summed E-state index contributed by atoms with van der Waals surface area (Å²) >= 11 is 0. The van der Waals surface area contributed by atoms with Crippen molar-refractivity contribution in [2.24, 2.45) is 0 Å². The largest absolute Gasteiger partial charge is 0.399 e. The van der Waals surface area contributed by atoms with E-state index in [1.807, 2.05) is 0 Å². The van der Waals surface area contributed by atoms with Crippen LogP contribution in [-0.2, 0) is 0 Å². The number of rotatable bonds is 4. The average molecular weight is 302 g/mol. The van der Waals surface area contributed by atoms with Crippen molar-refractivity contribution < 1.29 is 14.6 Å². The predicted octanol–water partition coefficient (Wildman–Crippen LogP) is 2.34. The number of non-ortho nitro benzene ring substituents is 1. The van der Waals surface area contributed by atoms with Gasteiger partial charge in [-0.15, -0.1) is 0 Å². The molecule has 0 fully saturated rings. The van der Waals surface area contributed by atoms with Crippen molar-refractivity contribution in [3.8, 4) is 0 Å². The summed E-state index contributed by atoms with van der Waals surface area (Å²) in [6.45, 7) is 0. The second-order valence-electron chi connectivity index (χ2n) is 4.29. The molecule has 22 heavy (non-hydrogen) atoms. The third-order valence-electron chi connectivity index (χ3n) is 2.80. The maximum Gasteiger partial charge on any atom is 0.282 e. The van der Waals surface area contributed by atoms with Crippen molar-refractivity contribution in [3.05, 3.63) is 68.3 Å². The van der Waals surface area contributed by atoms with Gasteiger partial charge in [0.1, 0.15) is 5.56 Å². The standard InChI is InChI=1S/C13H10N4O5/c14-8-1-6-12(17(21)22)11(7-8)13(18)15-9-2-4-10(5-3-9)16(19)20/h1-7H,14H2,(H,15,18). The van der Waals surface area contributed by atoms with Gasteiger partial charge in [0.15, 0.2) is 0 Å². The molecule has 0 atom stereocenters. The molecule has 0 aliphatic carbocycles. The monoisotopic (exact) mass is 302 g/mol. The van der Waals surface area contributed by atoms with E-state index in [9.17, 15) is 25.0 Å². The average Bonchev–Trinajstić information content (AvgIpc) is 2.47. The number of nitrogens with one attached hydrogen (secondary N) is 1. The fourth-order valence-electron chi connectivity index (χ4n) is 1.76. The van der Waals surface area contributed by atoms with Crippen LogP contribution >= 0.6 is 0 Å². The minimum Gasteiger partial charge on any atom is -0.399 e. The third kappa shape index (κ3) is 3.15. The minimum atomic E-state index is -0.729. The highest BCUT2D eigenvalue weighted by Crippen LogP contribution is 2.23. The number of hydrogen-bond donors (Lipinski definition) is 2. The van der Waals surface area contributed by atoms with Gasteiger partial charge in [-0.3, -0.25) is 25.0 Å². The van der Waals surface area contributed by atoms with Gasteiger partial charge < -0.3 is 11.1 Å². The number of hydrogen-bond acceptors (Lipinski definition) is 6. The summed E-state index contributed by atoms with van der Waals surface area (Å²) in [6, 6.07) is 8.73. The van der Waals surface area contributed by atoms with Crippen LogP contribution in [-0.4, -0.2) is 15.8 Å². The molecule has 0 aromatic heterocycles. The lowest BCUT2D eigenvalue weighted by atomic mass is 10.1. The van der Waals surface area contributed by atoms with Crippen LogP contribution in [0.5, 0.6) is 0 Å². The number of nitrogens with two attached hydrogens (primary N) is 1. The highest BCUT2D eigenvalue weighted by molar-refractivity contribution is 6.07. The van der Waals surface area contributed by atoms with Crippen LogP contribution < -0.4 is 11.1 Å². The molecule has 0 heterocycles. The maximum absolute atomic E-state index is 12.1. The molecule has 9 heteroatoms. The van der Waals surface area contributed by atoms with Crippen molar-refractivity contribution in [2.75, 3.05) is 11.1 Å². The van der Waals surface area contributed by atoms with Gasteiger partial charge in [0, 0.05) is 29.6 Å². The summed E-state index contributed by atoms with van der Waals surface area (Å²) < 4.78 is 0. The molecule has 9 nitrogen and oxygen atoms in total. The van der Waals surface area contributed by atoms with Crippen LogP contribution in [0, 0.1) is 20.2 Å². The van der Waals surface area contributed by atoms with E-state index in [1.54, 1.807) is 0 Å². The van der Waals surface area contributed by atoms with Crippen LogP contribution in [0.1, 0.15) is 10.4 Å². The molecular formula is C13H10N4O5. The zero-order chi connectivity index (χ0) is 16.3. The molecule has 0 saturated carbocycles. The van der Waals surface area contributed by atoms with Crippen molar-refractivity contribution in [1.29, 1.82) is 0 Å². The first-order valence-electron chi connectivity index (χ1n) is 5.98. The summed E-state index contributed by atoms with van der Waals surface area (Å²) in [4.78, 5) is 32.3. The van der Waals surface area contributed by atoms with E-state index >= 15 is 0 Å². The fraction of sp³-hybridized carbons (Fsp3) is 0. The van der Waals surface area contributed by atoms with Gasteiger partial charge in [-0.05, 0) is 24.3 Å². The van der Waals surface area contributed by atoms with Crippen LogP contribution in [0.4, 0.5) is 22.7 Å². The van der Waals surface area contributed by atoms with E-state index in [4.69, 9.17) is 5.73 Å². The van der Waals surface area contributed by atoms with E-state index in [0.717, 1.165) is 6.07 Å². The first kappa shape index (κ1) is 14.9. The summed E-state index contributed by atoms with van der Waals surface area (Å²) in [7, 11) is 0. The zero-order valence-electron chi connectivity index (χ0n) is 11.1. The Hall–Kier alpha value is -3.49. The first-order valence-corrected chi connectivity index (χ1v) is 5.98. The SMILES string of the molecule is Nc1ccc([N+](=O)[O-])c(C(=O)Nc2ccc([N+](=O)[O-])cc2)c1. The van der Waals surface area contributed by atoms with Gasteiger partial charge in [-0.2, -0.15) is 0 Å². The van der Waals surface area contributed by atoms with Crippen LogP contribution in [0.25, 0.3) is 0 Å². The van der Waals surface area contributed by atoms with Gasteiger partial charge in [-0.25, -0.2) is 0 Å². The minimum absolute atomic E-state index is 0.132. The van der Waals surface area contributed by atoms with Gasteiger partial charge in [-0.1, -0.05) is 0 Å². The molecule has 0 radical (unpaired) electrons. The molecule has 0 saturated heterocycles. The summed E-state index contributed by atoms with van der Waals surface area (Å²) in [5.41, 5.74) is 5.31. The van der Waals surface area contributed by atoms with Gasteiger partial charge in [0.25, 0.3) is 17.3 Å². The van der Waals surface area contributed by atoms with E-state index in [1.165, 1.54) is 36.4 Å². The Labute approximate surface area is 123 Å². The molecule has 2 aromatic carbocycles. The van der Waals surface area contributed by atoms with Crippen molar-refractivity contribution in [3.63, 3.8) is 0 Å². The van der Waals surface area contributed by atoms with E-state index in [-0.39, 0.29) is 28.3 Å². The lowest BCUT2D eigenvalue weighted by molar-refractivity contribution is -0.385. The topological polar surface area (TPSA) is 141 Å². The second kappa shape index (κ2) is 5.87. The number of carbonyl (C=O) groups is 1. The van der Waals surface area contributed by atoms with Crippen molar-refractivity contribution in [1.82, 2.24) is 0 Å². The smallest absolute Gasteiger partial charge is 0.282 e. The molecule has 112 valence electrons. The number of amides is 1. The van der Waals surface area contributed by atoms with Crippen LogP contribution in [0.2, 0.25) is 0 Å². The quantitative estimate of drug-likeness (QED) is 0.504. The number of nitrogens with zero attached hydrogens (tertiary/aromatic N) is 2. The number of anilines is 2. The molecule has 0 spiro atoms. The molecular weight excluding hydrogens is 292 g/mol. The van der Waals surface area contributed by atoms with E-state index in [0.29, 0.717) is 0 Å². The highest BCUT2D eigenvalue weighted by atomic mass is 16.6. The second-order valence-corrected chi connectivity index (χ2v) is 4.29. The maximum atomic E-state index is 12.1. The molecule has 0 aliphatic rings. The highest BCUT2D eigenvalue weighted by Gasteiger charge is 2.20. The molecule has 0 aliphatic heterocycles. The zero-order valence-corrected chi connectivity index (χ0v) is 11.1. The van der Waals surface area contributed by atoms with Crippen molar-refractivity contribution in [2.45, 2.75) is 0 Å². The fourth-order valence-corrected chi connectivity index (χ4v) is 1.76. The Balaban J connectivity index is 2.27. The molecule has 2 rings (SSSR count). The number of nitrogen functional groups attached to an aromatic ring is 1. The predicted molar refractivity (Wildman–Crippen MR) is 78.6 cm³/mol. The lowest BCUT2D eigenvalue weighted by Crippen LogP contribution is -2.14. The third-order valence-corrected chi connectivity index (χ3v) is 2.80. The van der Waals surface area contributed by atoms with Crippen LogP contribution in [0.15, 0.2) is 42.5 Å². The molecule has 3 N–H and O–H groups in total.